The topological polar surface area (TPSA) is 104 Å². The second kappa shape index (κ2) is 10.7. The maximum Gasteiger partial charge on any atom is 1.00 e. The van der Waals surface area contributed by atoms with Crippen LogP contribution in [0, 0.1) is 6.54 Å². The number of rotatable bonds is 1. The van der Waals surface area contributed by atoms with Crippen molar-refractivity contribution in [2.24, 2.45) is 5.73 Å². The second-order valence-electron chi connectivity index (χ2n) is 1.16. The Labute approximate surface area is 103 Å². The van der Waals surface area contributed by atoms with Crippen LogP contribution < -0.4 is 57.1 Å². The molecule has 0 heterocycles. The second-order valence-corrected chi connectivity index (χ2v) is 2.18. The van der Waals surface area contributed by atoms with E-state index >= 15 is 0 Å². The van der Waals surface area contributed by atoms with E-state index in [9.17, 15) is 0 Å². The van der Waals surface area contributed by atoms with Gasteiger partial charge < -0.3 is 20.4 Å². The maximum absolute atomic E-state index is 8.88. The third kappa shape index (κ3) is 100. The van der Waals surface area contributed by atoms with Crippen LogP contribution in [-0.2, 0) is 4.57 Å². The molecular formula is C3H11KNO4P. The molecule has 0 atom stereocenters. The van der Waals surface area contributed by atoms with Crippen LogP contribution in [0.5, 0.6) is 0 Å². The standard InChI is InChI=1S/C3H8N.K.H3O4P/c1-2-3-4;;1-5(2,3)4/h3H,2,4H2,1H3;;(H3,1,2,3,4)/q-1;+1;. The summed E-state index contributed by atoms with van der Waals surface area (Å²) < 4.78 is 8.88. The Hall–Kier alpha value is 1.71. The largest absolute Gasteiger partial charge is 1.00 e. The summed E-state index contributed by atoms with van der Waals surface area (Å²) in [5.41, 5.74) is 4.90. The summed E-state index contributed by atoms with van der Waals surface area (Å²) >= 11 is 0. The Morgan fingerprint density at radius 1 is 1.50 bits per heavy atom. The van der Waals surface area contributed by atoms with Crippen LogP contribution in [0.1, 0.15) is 13.3 Å². The summed E-state index contributed by atoms with van der Waals surface area (Å²) in [6.07, 6.45) is 0.972. The minimum atomic E-state index is -4.64. The average Bonchev–Trinajstić information content (AvgIpc) is 1.61. The minimum Gasteiger partial charge on any atom is -0.483 e. The van der Waals surface area contributed by atoms with Crippen molar-refractivity contribution in [3.8, 4) is 0 Å². The first-order chi connectivity index (χ1) is 3.91. The quantitative estimate of drug-likeness (QED) is 0.198. The van der Waals surface area contributed by atoms with Gasteiger partial charge in [0.05, 0.1) is 0 Å². The van der Waals surface area contributed by atoms with Crippen LogP contribution in [0.25, 0.3) is 0 Å². The molecule has 0 rings (SSSR count). The van der Waals surface area contributed by atoms with Gasteiger partial charge in [0, 0.05) is 0 Å². The van der Waals surface area contributed by atoms with E-state index in [1.807, 2.05) is 6.92 Å². The summed E-state index contributed by atoms with van der Waals surface area (Å²) in [5.74, 6) is 0. The van der Waals surface area contributed by atoms with Crippen molar-refractivity contribution in [1.82, 2.24) is 0 Å². The van der Waals surface area contributed by atoms with Gasteiger partial charge >= 0.3 is 59.2 Å². The Bertz CT molecular complexity index is 84.2. The molecule has 0 aliphatic heterocycles. The Morgan fingerprint density at radius 2 is 1.60 bits per heavy atom. The van der Waals surface area contributed by atoms with Gasteiger partial charge in [-0.2, -0.15) is 6.42 Å². The number of nitrogens with two attached hydrogens (primary N) is 1. The predicted octanol–water partition coefficient (Wildman–Crippen LogP) is -3.41. The van der Waals surface area contributed by atoms with Gasteiger partial charge in [0.2, 0.25) is 0 Å². The van der Waals surface area contributed by atoms with Gasteiger partial charge in [-0.05, 0) is 0 Å². The van der Waals surface area contributed by atoms with Crippen molar-refractivity contribution in [2.45, 2.75) is 13.3 Å². The zero-order valence-corrected chi connectivity index (χ0v) is 10.1. The molecule has 0 aromatic heterocycles. The van der Waals surface area contributed by atoms with E-state index in [0.717, 1.165) is 6.42 Å². The molecule has 0 unspecified atom stereocenters. The fraction of sp³-hybridized carbons (Fsp3) is 0.667. The van der Waals surface area contributed by atoms with Crippen molar-refractivity contribution in [2.75, 3.05) is 0 Å². The van der Waals surface area contributed by atoms with Crippen molar-refractivity contribution < 1.29 is 70.6 Å². The molecule has 0 aliphatic rings. The third-order valence-electron chi connectivity index (χ3n) is 0.236. The maximum atomic E-state index is 8.88. The Kier molecular flexibility index (Phi) is 19.0. The summed E-state index contributed by atoms with van der Waals surface area (Å²) in [4.78, 5) is 21.6. The average molecular weight is 195 g/mol. The van der Waals surface area contributed by atoms with Gasteiger partial charge in [-0.25, -0.2) is 4.57 Å². The third-order valence-corrected chi connectivity index (χ3v) is 0.236. The first-order valence-corrected chi connectivity index (χ1v) is 3.80. The molecule has 0 bridgehead atoms. The summed E-state index contributed by atoms with van der Waals surface area (Å²) in [5, 5.41) is 0. The molecule has 0 radical (unpaired) electrons. The summed E-state index contributed by atoms with van der Waals surface area (Å²) in [6, 6.07) is 0. The molecule has 58 valence electrons. The van der Waals surface area contributed by atoms with E-state index in [1.54, 1.807) is 6.54 Å². The van der Waals surface area contributed by atoms with Crippen LogP contribution in [0.15, 0.2) is 0 Å². The molecule has 0 amide bonds. The van der Waals surface area contributed by atoms with Crippen molar-refractivity contribution in [3.63, 3.8) is 0 Å². The van der Waals surface area contributed by atoms with E-state index < -0.39 is 7.82 Å². The molecule has 0 aliphatic carbocycles. The van der Waals surface area contributed by atoms with Crippen LogP contribution in [0.3, 0.4) is 0 Å². The van der Waals surface area contributed by atoms with Gasteiger partial charge in [0.1, 0.15) is 0 Å². The molecule has 10 heavy (non-hydrogen) atoms. The fourth-order valence-electron chi connectivity index (χ4n) is 0. The van der Waals surface area contributed by atoms with Crippen molar-refractivity contribution in [1.29, 1.82) is 0 Å². The minimum absolute atomic E-state index is 0. The molecule has 0 saturated carbocycles. The smallest absolute Gasteiger partial charge is 0.483 e. The molecule has 5 nitrogen and oxygen atoms in total. The molecular weight excluding hydrogens is 184 g/mol. The Morgan fingerprint density at radius 3 is 1.60 bits per heavy atom. The molecule has 0 spiro atoms. The number of phosphoric acid groups is 1. The van der Waals surface area contributed by atoms with E-state index in [0.29, 0.717) is 0 Å². The zero-order chi connectivity index (χ0) is 7.91. The first kappa shape index (κ1) is 17.7. The van der Waals surface area contributed by atoms with Crippen molar-refractivity contribution in [3.05, 3.63) is 6.54 Å². The normalized spacial score (nSPS) is 8.90. The number of hydrogen-bond acceptors (Lipinski definition) is 2. The molecule has 0 aromatic rings. The van der Waals surface area contributed by atoms with Crippen LogP contribution >= 0.6 is 7.82 Å². The van der Waals surface area contributed by atoms with Crippen LogP contribution in [0.4, 0.5) is 0 Å². The predicted molar refractivity (Wildman–Crippen MR) is 33.0 cm³/mol. The SMILES string of the molecule is CC[CH-]N.O=P(O)(O)O.[K+]. The van der Waals surface area contributed by atoms with Crippen molar-refractivity contribution >= 4 is 7.82 Å². The van der Waals surface area contributed by atoms with E-state index in [2.05, 4.69) is 0 Å². The zero-order valence-electron chi connectivity index (χ0n) is 6.06. The van der Waals surface area contributed by atoms with Gasteiger partial charge in [-0.1, -0.05) is 6.92 Å². The summed E-state index contributed by atoms with van der Waals surface area (Å²) in [6.45, 7) is 3.62. The van der Waals surface area contributed by atoms with Crippen LogP contribution in [0.2, 0.25) is 0 Å². The monoisotopic (exact) mass is 195 g/mol. The Balaban J connectivity index is -0.0000000910. The van der Waals surface area contributed by atoms with Gasteiger partial charge in [-0.15, -0.1) is 0 Å². The molecule has 0 saturated heterocycles. The molecule has 7 heteroatoms. The molecule has 0 fully saturated rings. The summed E-state index contributed by atoms with van der Waals surface area (Å²) in [7, 11) is -4.64. The number of hydrogen-bond donors (Lipinski definition) is 4. The fourth-order valence-corrected chi connectivity index (χ4v) is 0. The van der Waals surface area contributed by atoms with E-state index in [-0.39, 0.29) is 51.4 Å². The van der Waals surface area contributed by atoms with E-state index in [4.69, 9.17) is 25.0 Å². The molecule has 0 aromatic carbocycles. The van der Waals surface area contributed by atoms with E-state index in [1.165, 1.54) is 0 Å². The first-order valence-electron chi connectivity index (χ1n) is 2.23. The van der Waals surface area contributed by atoms with Crippen LogP contribution in [-0.4, -0.2) is 14.7 Å². The molecule has 5 N–H and O–H groups in total. The van der Waals surface area contributed by atoms with Gasteiger partial charge in [0.25, 0.3) is 0 Å². The van der Waals surface area contributed by atoms with Gasteiger partial charge in [0.15, 0.2) is 0 Å². The van der Waals surface area contributed by atoms with Gasteiger partial charge in [-0.3, -0.25) is 6.54 Å².